The summed E-state index contributed by atoms with van der Waals surface area (Å²) in [6.45, 7) is 26.3. The van der Waals surface area contributed by atoms with Crippen LogP contribution in [0.5, 0.6) is 0 Å². The molecular weight excluding hydrogens is 388 g/mol. The molecule has 0 radical (unpaired) electrons. The molecule has 2 fully saturated rings. The van der Waals surface area contributed by atoms with Crippen molar-refractivity contribution in [2.45, 2.75) is 101 Å². The zero-order valence-electron chi connectivity index (χ0n) is 22.6. The van der Waals surface area contributed by atoms with E-state index in [1.54, 1.807) is 0 Å². The van der Waals surface area contributed by atoms with E-state index in [2.05, 4.69) is 18.7 Å². The van der Waals surface area contributed by atoms with E-state index in [1.165, 1.54) is 45.3 Å². The van der Waals surface area contributed by atoms with E-state index in [0.717, 1.165) is 19.0 Å². The van der Waals surface area contributed by atoms with Gasteiger partial charge in [0.25, 0.3) is 0 Å². The van der Waals surface area contributed by atoms with Crippen molar-refractivity contribution in [1.29, 1.82) is 0 Å². The molecule has 31 heavy (non-hydrogen) atoms. The number of nitrogens with zero attached hydrogens (tertiary/aromatic N) is 2. The van der Waals surface area contributed by atoms with Crippen LogP contribution < -0.4 is 0 Å². The first-order valence-electron chi connectivity index (χ1n) is 12.6. The van der Waals surface area contributed by atoms with Gasteiger partial charge >= 0.3 is 0 Å². The highest BCUT2D eigenvalue weighted by Gasteiger charge is 2.19. The molecule has 0 saturated carbocycles. The van der Waals surface area contributed by atoms with Crippen LogP contribution in [0.1, 0.15) is 94.9 Å². The minimum Gasteiger partial charge on any atom is -0.396 e. The third-order valence-electron chi connectivity index (χ3n) is 5.51. The third kappa shape index (κ3) is 19.7. The van der Waals surface area contributed by atoms with Gasteiger partial charge in [-0.25, -0.2) is 0 Å². The monoisotopic (exact) mass is 444 g/mol. The molecular formula is C26H56N2O3. The van der Waals surface area contributed by atoms with E-state index >= 15 is 0 Å². The molecule has 0 aromatic heterocycles. The minimum atomic E-state index is -0.500. The van der Waals surface area contributed by atoms with Crippen LogP contribution in [0.15, 0.2) is 0 Å². The molecule has 2 rings (SSSR count). The molecule has 0 atom stereocenters. The fourth-order valence-corrected chi connectivity index (χ4v) is 2.78. The fraction of sp³-hybridized carbons (Fsp3) is 0.962. The standard InChI is InChI=1S/C8H15NO.C8H17N.C6H14O.C4H10O/c1-7(2)8(10)9-5-3-4-6-9;1-8(2)7-9-5-3-4-6-9;1-5(2)6(3,4)7;1-4(2)3-5/h7H,3-6H2,1-2H3;8H,3-7H2,1-2H3;5,7H,1-4H3;4-5H,3H2,1-2H3. The molecule has 2 saturated heterocycles. The lowest BCUT2D eigenvalue weighted by Crippen LogP contribution is -2.31. The number of hydrogen-bond donors (Lipinski definition) is 2. The van der Waals surface area contributed by atoms with Crippen molar-refractivity contribution in [2.24, 2.45) is 23.7 Å². The number of aliphatic hydroxyl groups excluding tert-OH is 1. The van der Waals surface area contributed by atoms with E-state index in [1.807, 2.05) is 60.3 Å². The molecule has 0 spiro atoms. The van der Waals surface area contributed by atoms with Crippen molar-refractivity contribution in [1.82, 2.24) is 9.80 Å². The molecule has 5 heteroatoms. The average molecular weight is 445 g/mol. The summed E-state index contributed by atoms with van der Waals surface area (Å²) in [6, 6.07) is 0. The van der Waals surface area contributed by atoms with Gasteiger partial charge in [0.1, 0.15) is 0 Å². The van der Waals surface area contributed by atoms with Gasteiger partial charge in [0.15, 0.2) is 0 Å². The van der Waals surface area contributed by atoms with Gasteiger partial charge in [-0.1, -0.05) is 55.4 Å². The van der Waals surface area contributed by atoms with Crippen LogP contribution in [0.4, 0.5) is 0 Å². The highest BCUT2D eigenvalue weighted by atomic mass is 16.3. The lowest BCUT2D eigenvalue weighted by molar-refractivity contribution is -0.133. The lowest BCUT2D eigenvalue weighted by atomic mass is 9.95. The summed E-state index contributed by atoms with van der Waals surface area (Å²) in [5.74, 6) is 2.14. The maximum atomic E-state index is 11.3. The van der Waals surface area contributed by atoms with Gasteiger partial charge in [-0.05, 0) is 70.4 Å². The Morgan fingerprint density at radius 2 is 1.16 bits per heavy atom. The number of aliphatic hydroxyl groups is 2. The topological polar surface area (TPSA) is 64.0 Å². The highest BCUT2D eigenvalue weighted by Crippen LogP contribution is 2.13. The molecule has 2 aliphatic heterocycles. The van der Waals surface area contributed by atoms with Crippen LogP contribution in [0.2, 0.25) is 0 Å². The van der Waals surface area contributed by atoms with Gasteiger partial charge in [-0.3, -0.25) is 4.79 Å². The number of hydrogen-bond acceptors (Lipinski definition) is 4. The van der Waals surface area contributed by atoms with Crippen molar-refractivity contribution >= 4 is 5.91 Å². The van der Waals surface area contributed by atoms with Crippen molar-refractivity contribution < 1.29 is 15.0 Å². The number of likely N-dealkylation sites (tertiary alicyclic amines) is 2. The predicted molar refractivity (Wildman–Crippen MR) is 134 cm³/mol. The van der Waals surface area contributed by atoms with Crippen molar-refractivity contribution in [3.8, 4) is 0 Å². The molecule has 0 aliphatic carbocycles. The van der Waals surface area contributed by atoms with Gasteiger partial charge in [0.05, 0.1) is 5.60 Å². The summed E-state index contributed by atoms with van der Waals surface area (Å²) < 4.78 is 0. The van der Waals surface area contributed by atoms with Gasteiger partial charge in [0, 0.05) is 32.2 Å². The summed E-state index contributed by atoms with van der Waals surface area (Å²) in [4.78, 5) is 15.8. The summed E-state index contributed by atoms with van der Waals surface area (Å²) in [7, 11) is 0. The second-order valence-corrected chi connectivity index (χ2v) is 11.0. The Hall–Kier alpha value is -0.650. The maximum absolute atomic E-state index is 11.3. The molecule has 0 bridgehead atoms. The first kappa shape index (κ1) is 32.5. The van der Waals surface area contributed by atoms with Crippen LogP contribution in [0, 0.1) is 23.7 Å². The van der Waals surface area contributed by atoms with Crippen LogP contribution in [0.3, 0.4) is 0 Å². The molecule has 2 N–H and O–H groups in total. The van der Waals surface area contributed by atoms with Gasteiger partial charge in [-0.15, -0.1) is 0 Å². The normalized spacial score (nSPS) is 16.7. The van der Waals surface area contributed by atoms with Crippen LogP contribution in [0.25, 0.3) is 0 Å². The zero-order valence-corrected chi connectivity index (χ0v) is 22.6. The van der Waals surface area contributed by atoms with E-state index in [4.69, 9.17) is 10.2 Å². The number of rotatable bonds is 5. The van der Waals surface area contributed by atoms with Crippen molar-refractivity contribution in [3.05, 3.63) is 0 Å². The molecule has 0 aromatic carbocycles. The van der Waals surface area contributed by atoms with Gasteiger partial charge in [-0.2, -0.15) is 0 Å². The Bertz CT molecular complexity index is 417. The van der Waals surface area contributed by atoms with E-state index in [9.17, 15) is 4.79 Å². The quantitative estimate of drug-likeness (QED) is 0.623. The Kier molecular flexibility index (Phi) is 18.7. The lowest BCUT2D eigenvalue weighted by Gasteiger charge is -2.21. The Morgan fingerprint density at radius 1 is 0.806 bits per heavy atom. The van der Waals surface area contributed by atoms with Crippen LogP contribution in [-0.2, 0) is 4.79 Å². The Balaban J connectivity index is 0. The largest absolute Gasteiger partial charge is 0.396 e. The first-order chi connectivity index (χ1) is 14.2. The predicted octanol–water partition coefficient (Wildman–Crippen LogP) is 5.05. The Labute approximate surface area is 194 Å². The van der Waals surface area contributed by atoms with Crippen molar-refractivity contribution in [2.75, 3.05) is 39.3 Å². The van der Waals surface area contributed by atoms with Crippen molar-refractivity contribution in [3.63, 3.8) is 0 Å². The summed E-state index contributed by atoms with van der Waals surface area (Å²) in [5.41, 5.74) is -0.500. The van der Waals surface area contributed by atoms with Gasteiger partial charge < -0.3 is 20.0 Å². The first-order valence-corrected chi connectivity index (χ1v) is 12.6. The molecule has 0 unspecified atom stereocenters. The number of carbonyl (C=O) groups is 1. The van der Waals surface area contributed by atoms with Gasteiger partial charge in [0.2, 0.25) is 5.91 Å². The molecule has 0 aromatic rings. The van der Waals surface area contributed by atoms with E-state index < -0.39 is 5.60 Å². The maximum Gasteiger partial charge on any atom is 0.225 e. The molecule has 2 aliphatic rings. The number of amides is 1. The smallest absolute Gasteiger partial charge is 0.225 e. The second-order valence-electron chi connectivity index (χ2n) is 11.0. The van der Waals surface area contributed by atoms with Crippen LogP contribution >= 0.6 is 0 Å². The molecule has 5 nitrogen and oxygen atoms in total. The van der Waals surface area contributed by atoms with E-state index in [0.29, 0.717) is 24.3 Å². The molecule has 2 heterocycles. The summed E-state index contributed by atoms with van der Waals surface area (Å²) in [5, 5.41) is 17.2. The second kappa shape index (κ2) is 17.9. The zero-order chi connectivity index (χ0) is 24.6. The minimum absolute atomic E-state index is 0.179. The Morgan fingerprint density at radius 3 is 1.42 bits per heavy atom. The highest BCUT2D eigenvalue weighted by molar-refractivity contribution is 5.78. The van der Waals surface area contributed by atoms with Crippen LogP contribution in [-0.4, -0.2) is 70.9 Å². The average Bonchev–Trinajstić information content (AvgIpc) is 3.35. The SMILES string of the molecule is CC(C)C(=O)N1CCCC1.CC(C)C(C)(C)O.CC(C)CN1CCCC1.CC(C)CO. The summed E-state index contributed by atoms with van der Waals surface area (Å²) in [6.07, 6.45) is 5.23. The summed E-state index contributed by atoms with van der Waals surface area (Å²) >= 11 is 0. The molecule has 1 amide bonds. The third-order valence-corrected chi connectivity index (χ3v) is 5.51. The number of carbonyl (C=O) groups excluding carboxylic acids is 1. The van der Waals surface area contributed by atoms with E-state index in [-0.39, 0.29) is 5.92 Å². The molecule has 188 valence electrons. The fourth-order valence-electron chi connectivity index (χ4n) is 2.78.